The smallest absolute Gasteiger partial charge is 0.295 e. The van der Waals surface area contributed by atoms with Crippen LogP contribution in [0.1, 0.15) is 55.8 Å². The summed E-state index contributed by atoms with van der Waals surface area (Å²) in [6, 6.07) is 9.97. The molecule has 1 amide bonds. The topological polar surface area (TPSA) is 66.8 Å². The van der Waals surface area contributed by atoms with E-state index in [1.54, 1.807) is 0 Å². The molecule has 1 fully saturated rings. The van der Waals surface area contributed by atoms with Crippen LogP contribution in [0.15, 0.2) is 42.0 Å². The summed E-state index contributed by atoms with van der Waals surface area (Å²) in [7, 11) is 1.41. The molecule has 1 aliphatic rings. The number of ketones is 1. The molecule has 3 rings (SSSR count). The van der Waals surface area contributed by atoms with Crippen molar-refractivity contribution in [2.75, 3.05) is 13.7 Å². The number of amides is 1. The molecule has 7 heteroatoms. The number of carbonyl (C=O) groups is 2. The van der Waals surface area contributed by atoms with Crippen molar-refractivity contribution in [1.82, 2.24) is 4.90 Å². The van der Waals surface area contributed by atoms with Crippen molar-refractivity contribution >= 4 is 40.7 Å². The molecule has 0 aromatic heterocycles. The van der Waals surface area contributed by atoms with E-state index in [2.05, 4.69) is 13.8 Å². The third-order valence-electron chi connectivity index (χ3n) is 5.39. The van der Waals surface area contributed by atoms with Crippen molar-refractivity contribution in [3.63, 3.8) is 0 Å². The molecular formula is C24H25Cl2NO4. The van der Waals surface area contributed by atoms with Crippen molar-refractivity contribution in [1.29, 1.82) is 0 Å². The van der Waals surface area contributed by atoms with Gasteiger partial charge < -0.3 is 14.7 Å². The molecule has 0 bridgehead atoms. The van der Waals surface area contributed by atoms with Gasteiger partial charge in [-0.15, -0.1) is 0 Å². The minimum atomic E-state index is -0.748. The molecular weight excluding hydrogens is 437 g/mol. The molecule has 1 saturated heterocycles. The molecule has 2 aromatic rings. The largest absolute Gasteiger partial charge is 0.507 e. The zero-order chi connectivity index (χ0) is 22.9. The van der Waals surface area contributed by atoms with E-state index in [-0.39, 0.29) is 32.7 Å². The van der Waals surface area contributed by atoms with E-state index in [1.165, 1.54) is 24.1 Å². The highest BCUT2D eigenvalue weighted by molar-refractivity contribution is 6.46. The van der Waals surface area contributed by atoms with Gasteiger partial charge in [0.25, 0.3) is 11.7 Å². The second-order valence-electron chi connectivity index (χ2n) is 7.78. The highest BCUT2D eigenvalue weighted by atomic mass is 35.5. The SMILES string of the molecule is CCCN1C(=O)C(=O)/C(=C(/O)c2cc(Cl)cc(Cl)c2OC)C1c1ccc(C(C)C)cc1. The molecule has 164 valence electrons. The highest BCUT2D eigenvalue weighted by Crippen LogP contribution is 2.43. The van der Waals surface area contributed by atoms with Crippen LogP contribution in [-0.2, 0) is 9.59 Å². The third kappa shape index (κ3) is 4.30. The lowest BCUT2D eigenvalue weighted by molar-refractivity contribution is -0.139. The van der Waals surface area contributed by atoms with Gasteiger partial charge in [0.2, 0.25) is 0 Å². The van der Waals surface area contributed by atoms with E-state index in [1.807, 2.05) is 31.2 Å². The lowest BCUT2D eigenvalue weighted by atomic mass is 9.93. The average molecular weight is 462 g/mol. The summed E-state index contributed by atoms with van der Waals surface area (Å²) in [5, 5.41) is 11.7. The molecule has 0 radical (unpaired) electrons. The number of likely N-dealkylation sites (tertiary alicyclic amines) is 1. The van der Waals surface area contributed by atoms with Gasteiger partial charge in [0.05, 0.1) is 29.3 Å². The van der Waals surface area contributed by atoms with Gasteiger partial charge in [0.15, 0.2) is 0 Å². The number of benzene rings is 2. The fourth-order valence-corrected chi connectivity index (χ4v) is 4.42. The number of hydrogen-bond acceptors (Lipinski definition) is 4. The Morgan fingerprint density at radius 2 is 1.81 bits per heavy atom. The predicted octanol–water partition coefficient (Wildman–Crippen LogP) is 5.96. The van der Waals surface area contributed by atoms with Gasteiger partial charge in [-0.3, -0.25) is 9.59 Å². The number of rotatable bonds is 6. The second kappa shape index (κ2) is 9.33. The summed E-state index contributed by atoms with van der Waals surface area (Å²) in [6.07, 6.45) is 0.667. The Balaban J connectivity index is 2.25. The number of methoxy groups -OCH3 is 1. The fraction of sp³-hybridized carbons (Fsp3) is 0.333. The van der Waals surface area contributed by atoms with Gasteiger partial charge in [0, 0.05) is 11.6 Å². The molecule has 0 saturated carbocycles. The normalized spacial score (nSPS) is 18.2. The molecule has 1 aliphatic heterocycles. The van der Waals surface area contributed by atoms with Crippen LogP contribution in [0.25, 0.3) is 5.76 Å². The van der Waals surface area contributed by atoms with E-state index in [0.29, 0.717) is 18.9 Å². The Hall–Kier alpha value is -2.50. The van der Waals surface area contributed by atoms with Gasteiger partial charge in [-0.1, -0.05) is 68.2 Å². The first kappa shape index (κ1) is 23.2. The van der Waals surface area contributed by atoms with E-state index in [9.17, 15) is 14.7 Å². The molecule has 5 nitrogen and oxygen atoms in total. The maximum Gasteiger partial charge on any atom is 0.295 e. The zero-order valence-electron chi connectivity index (χ0n) is 17.9. The zero-order valence-corrected chi connectivity index (χ0v) is 19.4. The van der Waals surface area contributed by atoms with E-state index in [4.69, 9.17) is 27.9 Å². The average Bonchev–Trinajstić information content (AvgIpc) is 2.98. The Morgan fingerprint density at radius 3 is 2.35 bits per heavy atom. The Bertz CT molecular complexity index is 1040. The Kier molecular flexibility index (Phi) is 6.97. The van der Waals surface area contributed by atoms with Crippen molar-refractivity contribution < 1.29 is 19.4 Å². The summed E-state index contributed by atoms with van der Waals surface area (Å²) in [4.78, 5) is 27.4. The minimum Gasteiger partial charge on any atom is -0.507 e. The maximum absolute atomic E-state index is 13.0. The van der Waals surface area contributed by atoms with Crippen molar-refractivity contribution in [3.8, 4) is 5.75 Å². The van der Waals surface area contributed by atoms with E-state index >= 15 is 0 Å². The van der Waals surface area contributed by atoms with Gasteiger partial charge in [-0.05, 0) is 35.6 Å². The van der Waals surface area contributed by atoms with Crippen LogP contribution >= 0.6 is 23.2 Å². The number of nitrogens with zero attached hydrogens (tertiary/aromatic N) is 1. The monoisotopic (exact) mass is 461 g/mol. The first-order valence-corrected chi connectivity index (χ1v) is 10.9. The van der Waals surface area contributed by atoms with Gasteiger partial charge in [-0.2, -0.15) is 0 Å². The van der Waals surface area contributed by atoms with Crippen molar-refractivity contribution in [3.05, 3.63) is 68.7 Å². The summed E-state index contributed by atoms with van der Waals surface area (Å²) in [6.45, 7) is 6.49. The number of hydrogen-bond donors (Lipinski definition) is 1. The number of ether oxygens (including phenoxy) is 1. The standard InChI is InChI=1S/C24H25Cl2NO4/c1-5-10-27-20(15-8-6-14(7-9-15)13(2)3)19(22(29)24(27)30)21(28)17-11-16(25)12-18(26)23(17)31-4/h6-9,11-13,20,28H,5,10H2,1-4H3/b21-19+. The van der Waals surface area contributed by atoms with Crippen LogP contribution in [0.2, 0.25) is 10.0 Å². The number of Topliss-reactive ketones (excluding diaryl/α,β-unsaturated/α-hetero) is 1. The first-order valence-electron chi connectivity index (χ1n) is 10.1. The first-order chi connectivity index (χ1) is 14.7. The van der Waals surface area contributed by atoms with Crippen LogP contribution in [-0.4, -0.2) is 35.4 Å². The predicted molar refractivity (Wildman–Crippen MR) is 123 cm³/mol. The van der Waals surface area contributed by atoms with Gasteiger partial charge >= 0.3 is 0 Å². The molecule has 0 spiro atoms. The lowest BCUT2D eigenvalue weighted by Gasteiger charge is -2.25. The summed E-state index contributed by atoms with van der Waals surface area (Å²) >= 11 is 12.4. The van der Waals surface area contributed by atoms with Crippen LogP contribution in [0.3, 0.4) is 0 Å². The molecule has 1 unspecified atom stereocenters. The molecule has 0 aliphatic carbocycles. The Labute approximate surface area is 192 Å². The molecule has 31 heavy (non-hydrogen) atoms. The number of halogens is 2. The number of carbonyl (C=O) groups excluding carboxylic acids is 2. The lowest BCUT2D eigenvalue weighted by Crippen LogP contribution is -2.30. The third-order valence-corrected chi connectivity index (χ3v) is 5.89. The van der Waals surface area contributed by atoms with E-state index in [0.717, 1.165) is 11.1 Å². The van der Waals surface area contributed by atoms with Crippen LogP contribution in [0, 0.1) is 0 Å². The number of aliphatic hydroxyl groups excluding tert-OH is 1. The second-order valence-corrected chi connectivity index (χ2v) is 8.63. The summed E-state index contributed by atoms with van der Waals surface area (Å²) < 4.78 is 5.34. The quantitative estimate of drug-likeness (QED) is 0.327. The fourth-order valence-electron chi connectivity index (χ4n) is 3.85. The minimum absolute atomic E-state index is 0.00706. The summed E-state index contributed by atoms with van der Waals surface area (Å²) in [5.74, 6) is -1.24. The van der Waals surface area contributed by atoms with Gasteiger partial charge in [0.1, 0.15) is 11.5 Å². The van der Waals surface area contributed by atoms with E-state index < -0.39 is 17.7 Å². The number of aliphatic hydroxyl groups is 1. The van der Waals surface area contributed by atoms with Crippen LogP contribution in [0.4, 0.5) is 0 Å². The molecule has 1 heterocycles. The molecule has 1 N–H and O–H groups in total. The maximum atomic E-state index is 13.0. The van der Waals surface area contributed by atoms with Crippen LogP contribution in [0.5, 0.6) is 5.75 Å². The van der Waals surface area contributed by atoms with Crippen molar-refractivity contribution in [2.24, 2.45) is 0 Å². The van der Waals surface area contributed by atoms with Crippen molar-refractivity contribution in [2.45, 2.75) is 39.2 Å². The van der Waals surface area contributed by atoms with Gasteiger partial charge in [-0.25, -0.2) is 0 Å². The highest BCUT2D eigenvalue weighted by Gasteiger charge is 2.46. The molecule has 1 atom stereocenters. The summed E-state index contributed by atoms with van der Waals surface area (Å²) in [5.41, 5.74) is 2.04. The van der Waals surface area contributed by atoms with Crippen LogP contribution < -0.4 is 4.74 Å². The molecule has 2 aromatic carbocycles. The Morgan fingerprint density at radius 1 is 1.16 bits per heavy atom.